The minimum absolute atomic E-state index is 0.00917. The molecule has 1 unspecified atom stereocenters. The van der Waals surface area contributed by atoms with E-state index < -0.39 is 23.6 Å². The number of halogens is 4. The summed E-state index contributed by atoms with van der Waals surface area (Å²) in [5.41, 5.74) is -1.47. The molecule has 2 aromatic rings. The maximum atomic E-state index is 15.4. The van der Waals surface area contributed by atoms with Gasteiger partial charge in [0.25, 0.3) is 5.91 Å². The molecule has 0 spiro atoms. The largest absolute Gasteiger partial charge is 0.433 e. The van der Waals surface area contributed by atoms with Crippen molar-refractivity contribution in [3.63, 3.8) is 0 Å². The Morgan fingerprint density at radius 1 is 1.16 bits per heavy atom. The van der Waals surface area contributed by atoms with E-state index in [-0.39, 0.29) is 50.6 Å². The van der Waals surface area contributed by atoms with E-state index in [0.29, 0.717) is 11.3 Å². The SMILES string of the molecule is C=C1c2ccccc2C(=O)N1CC[C@@H](O)CN1CCC(F)(c2cccc(C(F)(F)F)n2)C1. The predicted molar refractivity (Wildman–Crippen MR) is 110 cm³/mol. The van der Waals surface area contributed by atoms with Crippen LogP contribution in [0.25, 0.3) is 5.70 Å². The number of hydrogen-bond acceptors (Lipinski definition) is 4. The molecule has 2 atom stereocenters. The van der Waals surface area contributed by atoms with E-state index in [9.17, 15) is 23.1 Å². The number of fused-ring (bicyclic) bond motifs is 1. The highest BCUT2D eigenvalue weighted by molar-refractivity contribution is 6.08. The van der Waals surface area contributed by atoms with Crippen molar-refractivity contribution < 1.29 is 27.5 Å². The molecule has 1 N–H and O–H groups in total. The zero-order valence-electron chi connectivity index (χ0n) is 17.3. The number of likely N-dealkylation sites (tertiary alicyclic amines) is 1. The zero-order valence-corrected chi connectivity index (χ0v) is 17.3. The Bertz CT molecular complexity index is 1010. The van der Waals surface area contributed by atoms with Gasteiger partial charge in [-0.15, -0.1) is 0 Å². The Morgan fingerprint density at radius 3 is 2.56 bits per heavy atom. The van der Waals surface area contributed by atoms with E-state index in [1.54, 1.807) is 17.0 Å². The van der Waals surface area contributed by atoms with Gasteiger partial charge in [-0.25, -0.2) is 9.37 Å². The Kier molecular flexibility index (Phi) is 5.81. The third-order valence-corrected chi connectivity index (χ3v) is 5.99. The number of aliphatic hydroxyl groups is 1. The number of amides is 1. The van der Waals surface area contributed by atoms with Gasteiger partial charge in [-0.2, -0.15) is 13.2 Å². The van der Waals surface area contributed by atoms with Gasteiger partial charge in [-0.05, 0) is 24.6 Å². The summed E-state index contributed by atoms with van der Waals surface area (Å²) in [7, 11) is 0. The fraction of sp³-hybridized carbons (Fsp3) is 0.391. The summed E-state index contributed by atoms with van der Waals surface area (Å²) in [4.78, 5) is 19.2. The molecule has 0 saturated carbocycles. The number of nitrogens with zero attached hydrogens (tertiary/aromatic N) is 3. The number of hydrogen-bond donors (Lipinski definition) is 1. The lowest BCUT2D eigenvalue weighted by atomic mass is 10.00. The van der Waals surface area contributed by atoms with Gasteiger partial charge in [-0.3, -0.25) is 9.69 Å². The van der Waals surface area contributed by atoms with Gasteiger partial charge in [0.2, 0.25) is 0 Å². The molecule has 3 heterocycles. The van der Waals surface area contributed by atoms with Crippen LogP contribution in [0.5, 0.6) is 0 Å². The number of rotatable bonds is 6. The van der Waals surface area contributed by atoms with Crippen LogP contribution >= 0.6 is 0 Å². The zero-order chi connectivity index (χ0) is 23.1. The molecular formula is C23H23F4N3O2. The fourth-order valence-corrected chi connectivity index (χ4v) is 4.29. The van der Waals surface area contributed by atoms with Crippen molar-refractivity contribution in [3.8, 4) is 0 Å². The first kappa shape index (κ1) is 22.4. The highest BCUT2D eigenvalue weighted by atomic mass is 19.4. The predicted octanol–water partition coefficient (Wildman–Crippen LogP) is 3.85. The van der Waals surface area contributed by atoms with E-state index in [4.69, 9.17) is 0 Å². The standard InChI is InChI=1S/C23H23F4N3O2/c1-15-17-5-2-3-6-18(17)21(32)30(15)11-9-16(31)13-29-12-10-22(24,14-29)19-7-4-8-20(28-19)23(25,26)27/h2-8,16,31H,1,9-14H2/t16-,22?/m1/s1. The van der Waals surface area contributed by atoms with Gasteiger partial charge in [0.15, 0.2) is 5.67 Å². The van der Waals surface area contributed by atoms with Gasteiger partial charge in [0.05, 0.1) is 11.8 Å². The maximum Gasteiger partial charge on any atom is 0.433 e. The number of carbonyl (C=O) groups excluding carboxylic acids is 1. The van der Waals surface area contributed by atoms with Gasteiger partial charge in [0.1, 0.15) is 5.69 Å². The second kappa shape index (κ2) is 8.29. The first-order chi connectivity index (χ1) is 15.1. The van der Waals surface area contributed by atoms with Crippen LogP contribution in [0.4, 0.5) is 17.6 Å². The molecule has 0 bridgehead atoms. The van der Waals surface area contributed by atoms with Crippen molar-refractivity contribution in [1.29, 1.82) is 0 Å². The molecule has 4 rings (SSSR count). The average molecular weight is 449 g/mol. The van der Waals surface area contributed by atoms with E-state index in [0.717, 1.165) is 17.7 Å². The molecule has 2 aliphatic heterocycles. The normalized spacial score (nSPS) is 22.5. The number of alkyl halides is 4. The molecule has 1 amide bonds. The van der Waals surface area contributed by atoms with Crippen LogP contribution in [0.1, 0.15) is 40.2 Å². The third kappa shape index (κ3) is 4.27. The van der Waals surface area contributed by atoms with Crippen molar-refractivity contribution in [2.75, 3.05) is 26.2 Å². The van der Waals surface area contributed by atoms with E-state index >= 15 is 4.39 Å². The highest BCUT2D eigenvalue weighted by Crippen LogP contribution is 2.37. The summed E-state index contributed by atoms with van der Waals surface area (Å²) < 4.78 is 54.1. The molecular weight excluding hydrogens is 426 g/mol. The Morgan fingerprint density at radius 2 is 1.88 bits per heavy atom. The van der Waals surface area contributed by atoms with Gasteiger partial charge >= 0.3 is 6.18 Å². The Hall–Kier alpha value is -2.78. The van der Waals surface area contributed by atoms with Crippen LogP contribution in [0.15, 0.2) is 49.0 Å². The van der Waals surface area contributed by atoms with E-state index in [2.05, 4.69) is 11.6 Å². The first-order valence-electron chi connectivity index (χ1n) is 10.3. The van der Waals surface area contributed by atoms with Crippen LogP contribution in [0, 0.1) is 0 Å². The summed E-state index contributed by atoms with van der Waals surface area (Å²) in [6, 6.07) is 10.4. The minimum Gasteiger partial charge on any atom is -0.392 e. The molecule has 9 heteroatoms. The van der Waals surface area contributed by atoms with Crippen LogP contribution < -0.4 is 0 Å². The summed E-state index contributed by atoms with van der Waals surface area (Å²) in [6.07, 6.45) is -5.23. The molecule has 170 valence electrons. The lowest BCUT2D eigenvalue weighted by Crippen LogP contribution is -2.36. The van der Waals surface area contributed by atoms with Crippen LogP contribution in [-0.2, 0) is 11.8 Å². The molecule has 1 aromatic heterocycles. The lowest BCUT2D eigenvalue weighted by molar-refractivity contribution is -0.141. The van der Waals surface area contributed by atoms with Crippen LogP contribution in [0.2, 0.25) is 0 Å². The number of aromatic nitrogens is 1. The van der Waals surface area contributed by atoms with Crippen molar-refractivity contribution in [1.82, 2.24) is 14.8 Å². The molecule has 2 aliphatic rings. The molecule has 32 heavy (non-hydrogen) atoms. The molecule has 1 fully saturated rings. The molecule has 1 aromatic carbocycles. The lowest BCUT2D eigenvalue weighted by Gasteiger charge is -2.24. The van der Waals surface area contributed by atoms with Crippen molar-refractivity contribution >= 4 is 11.6 Å². The van der Waals surface area contributed by atoms with Crippen LogP contribution in [0.3, 0.4) is 0 Å². The second-order valence-corrected chi connectivity index (χ2v) is 8.25. The maximum absolute atomic E-state index is 15.4. The molecule has 0 radical (unpaired) electrons. The number of aliphatic hydroxyl groups excluding tert-OH is 1. The number of carbonyl (C=O) groups is 1. The molecule has 0 aliphatic carbocycles. The topological polar surface area (TPSA) is 56.7 Å². The van der Waals surface area contributed by atoms with E-state index in [1.165, 1.54) is 11.0 Å². The highest BCUT2D eigenvalue weighted by Gasteiger charge is 2.43. The first-order valence-corrected chi connectivity index (χ1v) is 10.3. The average Bonchev–Trinajstić information content (AvgIpc) is 3.25. The second-order valence-electron chi connectivity index (χ2n) is 8.25. The van der Waals surface area contributed by atoms with Gasteiger partial charge in [0, 0.05) is 49.4 Å². The Balaban J connectivity index is 1.33. The smallest absolute Gasteiger partial charge is 0.392 e. The quantitative estimate of drug-likeness (QED) is 0.681. The third-order valence-electron chi connectivity index (χ3n) is 5.99. The monoisotopic (exact) mass is 449 g/mol. The molecule has 5 nitrogen and oxygen atoms in total. The van der Waals surface area contributed by atoms with E-state index in [1.807, 2.05) is 12.1 Å². The summed E-state index contributed by atoms with van der Waals surface area (Å²) in [6.45, 7) is 4.50. The van der Waals surface area contributed by atoms with Gasteiger partial charge in [-0.1, -0.05) is 30.8 Å². The number of pyridine rings is 1. The number of benzene rings is 1. The molecule has 1 saturated heterocycles. The summed E-state index contributed by atoms with van der Waals surface area (Å²) in [5, 5.41) is 10.5. The van der Waals surface area contributed by atoms with Gasteiger partial charge < -0.3 is 10.0 Å². The van der Waals surface area contributed by atoms with Crippen LogP contribution in [-0.4, -0.2) is 58.1 Å². The minimum atomic E-state index is -4.64. The Labute approximate surface area is 183 Å². The van der Waals surface area contributed by atoms with Crippen molar-refractivity contribution in [2.24, 2.45) is 0 Å². The van der Waals surface area contributed by atoms with Crippen molar-refractivity contribution in [2.45, 2.75) is 30.8 Å². The summed E-state index contributed by atoms with van der Waals surface area (Å²) in [5.74, 6) is -0.169. The summed E-state index contributed by atoms with van der Waals surface area (Å²) >= 11 is 0. The number of β-amino-alcohol motifs (C(OH)–C–C–N with tert-alkyl or cyclic N) is 1. The fourth-order valence-electron chi connectivity index (χ4n) is 4.29. The van der Waals surface area contributed by atoms with Crippen molar-refractivity contribution in [3.05, 3.63) is 71.6 Å².